The van der Waals surface area contributed by atoms with Gasteiger partial charge in [0.1, 0.15) is 0 Å². The van der Waals surface area contributed by atoms with Crippen molar-refractivity contribution < 1.29 is 8.42 Å². The van der Waals surface area contributed by atoms with E-state index in [4.69, 9.17) is 0 Å². The average molecular weight is 288 g/mol. The third-order valence-electron chi connectivity index (χ3n) is 4.27. The van der Waals surface area contributed by atoms with Crippen LogP contribution in [0.4, 0.5) is 0 Å². The molecule has 1 aliphatic heterocycles. The van der Waals surface area contributed by atoms with Crippen LogP contribution in [0.25, 0.3) is 0 Å². The Kier molecular flexibility index (Phi) is 5.26. The van der Waals surface area contributed by atoms with Crippen molar-refractivity contribution in [1.82, 2.24) is 9.62 Å². The Hall–Kier alpha value is -0.130. The average Bonchev–Trinajstić information content (AvgIpc) is 3.11. The van der Waals surface area contributed by atoms with Gasteiger partial charge in [0.05, 0.1) is 5.75 Å². The van der Waals surface area contributed by atoms with E-state index >= 15 is 0 Å². The van der Waals surface area contributed by atoms with Gasteiger partial charge in [-0.1, -0.05) is 6.92 Å². The van der Waals surface area contributed by atoms with Gasteiger partial charge in [-0.3, -0.25) is 0 Å². The topological polar surface area (TPSA) is 49.4 Å². The van der Waals surface area contributed by atoms with E-state index < -0.39 is 10.0 Å². The van der Waals surface area contributed by atoms with Gasteiger partial charge in [0.25, 0.3) is 0 Å². The summed E-state index contributed by atoms with van der Waals surface area (Å²) in [5.41, 5.74) is 0. The van der Waals surface area contributed by atoms with Crippen LogP contribution in [0.1, 0.15) is 52.4 Å². The number of unbranched alkanes of at least 4 members (excludes halogenated alkanes) is 1. The molecule has 1 aliphatic carbocycles. The molecule has 1 saturated heterocycles. The van der Waals surface area contributed by atoms with E-state index in [1.807, 2.05) is 6.92 Å². The molecule has 0 aromatic heterocycles. The second-order valence-corrected chi connectivity index (χ2v) is 8.38. The van der Waals surface area contributed by atoms with E-state index in [9.17, 15) is 8.42 Å². The summed E-state index contributed by atoms with van der Waals surface area (Å²) in [5.74, 6) is 0.974. The molecule has 1 N–H and O–H groups in total. The minimum atomic E-state index is -3.04. The van der Waals surface area contributed by atoms with Crippen molar-refractivity contribution in [3.63, 3.8) is 0 Å². The van der Waals surface area contributed by atoms with Crippen molar-refractivity contribution in [3.8, 4) is 0 Å². The molecular formula is C14H28N2O2S. The van der Waals surface area contributed by atoms with Gasteiger partial charge in [-0.25, -0.2) is 8.42 Å². The highest BCUT2D eigenvalue weighted by Crippen LogP contribution is 2.25. The molecule has 2 unspecified atom stereocenters. The van der Waals surface area contributed by atoms with E-state index in [-0.39, 0.29) is 6.04 Å². The Morgan fingerprint density at radius 2 is 1.89 bits per heavy atom. The van der Waals surface area contributed by atoms with Gasteiger partial charge in [-0.2, -0.15) is 4.31 Å². The molecule has 0 amide bonds. The predicted molar refractivity (Wildman–Crippen MR) is 78.6 cm³/mol. The summed E-state index contributed by atoms with van der Waals surface area (Å²) in [6, 6.07) is 0.901. The number of sulfonamides is 1. The lowest BCUT2D eigenvalue weighted by atomic mass is 9.95. The largest absolute Gasteiger partial charge is 0.314 e. The molecule has 0 aromatic rings. The van der Waals surface area contributed by atoms with E-state index in [0.717, 1.165) is 38.3 Å². The molecule has 0 bridgehead atoms. The first kappa shape index (κ1) is 15.3. The van der Waals surface area contributed by atoms with Crippen molar-refractivity contribution in [3.05, 3.63) is 0 Å². The lowest BCUT2D eigenvalue weighted by molar-refractivity contribution is 0.220. The molecule has 1 heterocycles. The van der Waals surface area contributed by atoms with Crippen LogP contribution in [0.2, 0.25) is 0 Å². The second-order valence-electron chi connectivity index (χ2n) is 6.34. The van der Waals surface area contributed by atoms with Crippen LogP contribution in [-0.2, 0) is 10.0 Å². The van der Waals surface area contributed by atoms with Gasteiger partial charge < -0.3 is 5.32 Å². The molecule has 0 aromatic carbocycles. The van der Waals surface area contributed by atoms with Crippen molar-refractivity contribution >= 4 is 10.0 Å². The van der Waals surface area contributed by atoms with Gasteiger partial charge in [-0.05, 0) is 57.9 Å². The third kappa shape index (κ3) is 4.72. The molecule has 2 aliphatic rings. The maximum absolute atomic E-state index is 12.3. The van der Waals surface area contributed by atoms with E-state index in [2.05, 4.69) is 12.2 Å². The summed E-state index contributed by atoms with van der Waals surface area (Å²) in [5, 5.41) is 3.43. The molecule has 2 rings (SSSR count). The summed E-state index contributed by atoms with van der Waals surface area (Å²) < 4.78 is 26.4. The molecule has 2 fully saturated rings. The number of hydrogen-bond donors (Lipinski definition) is 1. The van der Waals surface area contributed by atoms with Gasteiger partial charge in [0, 0.05) is 18.6 Å². The zero-order valence-electron chi connectivity index (χ0n) is 12.3. The smallest absolute Gasteiger partial charge is 0.214 e. The minimum Gasteiger partial charge on any atom is -0.314 e. The quantitative estimate of drug-likeness (QED) is 0.729. The van der Waals surface area contributed by atoms with Crippen LogP contribution in [-0.4, -0.2) is 43.6 Å². The zero-order valence-corrected chi connectivity index (χ0v) is 13.1. The molecule has 0 spiro atoms. The first-order valence-corrected chi connectivity index (χ1v) is 9.33. The molecule has 112 valence electrons. The van der Waals surface area contributed by atoms with Crippen LogP contribution in [0, 0.1) is 5.92 Å². The van der Waals surface area contributed by atoms with E-state index in [1.54, 1.807) is 4.31 Å². The molecule has 2 atom stereocenters. The fourth-order valence-electron chi connectivity index (χ4n) is 2.92. The first-order chi connectivity index (χ1) is 8.99. The number of nitrogens with one attached hydrogen (secondary N) is 1. The molecule has 0 radical (unpaired) electrons. The maximum atomic E-state index is 12.3. The van der Waals surface area contributed by atoms with E-state index in [1.165, 1.54) is 12.8 Å². The highest BCUT2D eigenvalue weighted by Gasteiger charge is 2.31. The SMILES string of the molecule is CC1CCN(S(=O)(=O)CCCCNC2CC2)C(C)C1. The molecule has 1 saturated carbocycles. The Morgan fingerprint density at radius 1 is 1.16 bits per heavy atom. The van der Waals surface area contributed by atoms with Crippen molar-refractivity contribution in [1.29, 1.82) is 0 Å². The number of nitrogens with zero attached hydrogens (tertiary/aromatic N) is 1. The van der Waals surface area contributed by atoms with Crippen LogP contribution in [0.5, 0.6) is 0 Å². The van der Waals surface area contributed by atoms with Crippen LogP contribution >= 0.6 is 0 Å². The maximum Gasteiger partial charge on any atom is 0.214 e. The summed E-state index contributed by atoms with van der Waals surface area (Å²) >= 11 is 0. The fourth-order valence-corrected chi connectivity index (χ4v) is 4.74. The Balaban J connectivity index is 1.70. The van der Waals surface area contributed by atoms with Crippen molar-refractivity contribution in [2.45, 2.75) is 64.5 Å². The zero-order chi connectivity index (χ0) is 13.9. The Bertz CT molecular complexity index is 379. The molecule has 19 heavy (non-hydrogen) atoms. The Morgan fingerprint density at radius 3 is 2.53 bits per heavy atom. The summed E-state index contributed by atoms with van der Waals surface area (Å²) in [6.45, 7) is 5.93. The van der Waals surface area contributed by atoms with Gasteiger partial charge >= 0.3 is 0 Å². The predicted octanol–water partition coefficient (Wildman–Crippen LogP) is 1.97. The normalized spacial score (nSPS) is 29.6. The van der Waals surface area contributed by atoms with Gasteiger partial charge in [0.2, 0.25) is 10.0 Å². The van der Waals surface area contributed by atoms with Crippen LogP contribution < -0.4 is 5.32 Å². The number of hydrogen-bond acceptors (Lipinski definition) is 3. The molecule has 5 heteroatoms. The monoisotopic (exact) mass is 288 g/mol. The minimum absolute atomic E-state index is 0.179. The second kappa shape index (κ2) is 6.55. The summed E-state index contributed by atoms with van der Waals surface area (Å²) in [4.78, 5) is 0. The van der Waals surface area contributed by atoms with Crippen LogP contribution in [0.15, 0.2) is 0 Å². The number of rotatable bonds is 7. The summed E-state index contributed by atoms with van der Waals surface area (Å²) in [6.07, 6.45) is 6.34. The first-order valence-electron chi connectivity index (χ1n) is 7.72. The molecule has 4 nitrogen and oxygen atoms in total. The van der Waals surface area contributed by atoms with Crippen molar-refractivity contribution in [2.24, 2.45) is 5.92 Å². The fraction of sp³-hybridized carbons (Fsp3) is 1.00. The third-order valence-corrected chi connectivity index (χ3v) is 6.34. The lowest BCUT2D eigenvalue weighted by Crippen LogP contribution is -2.45. The van der Waals surface area contributed by atoms with E-state index in [0.29, 0.717) is 18.2 Å². The lowest BCUT2D eigenvalue weighted by Gasteiger charge is -2.35. The number of piperidine rings is 1. The van der Waals surface area contributed by atoms with Crippen LogP contribution in [0.3, 0.4) is 0 Å². The van der Waals surface area contributed by atoms with Gasteiger partial charge in [0.15, 0.2) is 0 Å². The highest BCUT2D eigenvalue weighted by atomic mass is 32.2. The standard InChI is InChI=1S/C14H28N2O2S/c1-12-7-9-16(13(2)11-12)19(17,18)10-4-3-8-15-14-5-6-14/h12-15H,3-11H2,1-2H3. The Labute approximate surface area is 118 Å². The van der Waals surface area contributed by atoms with Crippen molar-refractivity contribution in [2.75, 3.05) is 18.8 Å². The van der Waals surface area contributed by atoms with Gasteiger partial charge in [-0.15, -0.1) is 0 Å². The highest BCUT2D eigenvalue weighted by molar-refractivity contribution is 7.89. The molecular weight excluding hydrogens is 260 g/mol. The summed E-state index contributed by atoms with van der Waals surface area (Å²) in [7, 11) is -3.04.